The van der Waals surface area contributed by atoms with Gasteiger partial charge in [-0.1, -0.05) is 0 Å². The number of aromatic amines is 1. The van der Waals surface area contributed by atoms with Gasteiger partial charge in [-0.3, -0.25) is 0 Å². The van der Waals surface area contributed by atoms with Crippen LogP contribution in [0.4, 0.5) is 0 Å². The van der Waals surface area contributed by atoms with E-state index < -0.39 is 0 Å². The molecular formula is C12H11N5OS. The van der Waals surface area contributed by atoms with Crippen molar-refractivity contribution < 1.29 is 4.74 Å². The number of methoxy groups -OCH3 is 1. The molecule has 1 N–H and O–H groups in total. The Kier molecular flexibility index (Phi) is 2.75. The largest absolute Gasteiger partial charge is 0.497 e. The summed E-state index contributed by atoms with van der Waals surface area (Å²) in [5, 5.41) is 12.4. The Morgan fingerprint density at radius 3 is 2.63 bits per heavy atom. The highest BCUT2D eigenvalue weighted by atomic mass is 32.1. The standard InChI is InChI=1S/C12H11N5OS/c1-7-10-11(13-12(19)15-14-10)17(16-7)8-3-5-9(18-2)6-4-8/h3-6H,1-2H3,(H,13,15,19). The number of ether oxygens (including phenoxy) is 1. The highest BCUT2D eigenvalue weighted by Gasteiger charge is 2.11. The number of H-pyrrole nitrogens is 1. The van der Waals surface area contributed by atoms with E-state index in [0.29, 0.717) is 10.3 Å². The van der Waals surface area contributed by atoms with Gasteiger partial charge in [0.2, 0.25) is 4.77 Å². The maximum Gasteiger partial charge on any atom is 0.219 e. The number of hydrogen-bond donors (Lipinski definition) is 1. The molecule has 0 aliphatic heterocycles. The van der Waals surface area contributed by atoms with Crippen molar-refractivity contribution in [1.82, 2.24) is 25.0 Å². The van der Waals surface area contributed by atoms with E-state index >= 15 is 0 Å². The van der Waals surface area contributed by atoms with E-state index in [4.69, 9.17) is 17.0 Å². The molecule has 2 aromatic heterocycles. The van der Waals surface area contributed by atoms with Crippen LogP contribution in [0.5, 0.6) is 5.75 Å². The van der Waals surface area contributed by atoms with Crippen LogP contribution in [0.15, 0.2) is 24.3 Å². The van der Waals surface area contributed by atoms with E-state index in [-0.39, 0.29) is 0 Å². The van der Waals surface area contributed by atoms with Gasteiger partial charge in [-0.05, 0) is 43.4 Å². The van der Waals surface area contributed by atoms with Crippen LogP contribution < -0.4 is 4.74 Å². The molecule has 0 bridgehead atoms. The van der Waals surface area contributed by atoms with Gasteiger partial charge < -0.3 is 9.72 Å². The number of rotatable bonds is 2. The number of benzene rings is 1. The van der Waals surface area contributed by atoms with Crippen molar-refractivity contribution in [2.45, 2.75) is 6.92 Å². The first kappa shape index (κ1) is 11.8. The zero-order chi connectivity index (χ0) is 13.4. The zero-order valence-corrected chi connectivity index (χ0v) is 11.2. The molecule has 96 valence electrons. The molecule has 0 aliphatic carbocycles. The van der Waals surface area contributed by atoms with Crippen LogP contribution in [-0.2, 0) is 0 Å². The van der Waals surface area contributed by atoms with Gasteiger partial charge in [0.05, 0.1) is 18.5 Å². The number of nitrogens with one attached hydrogen (secondary N) is 1. The molecular weight excluding hydrogens is 262 g/mol. The van der Waals surface area contributed by atoms with E-state index in [9.17, 15) is 0 Å². The van der Waals surface area contributed by atoms with Gasteiger partial charge in [-0.25, -0.2) is 4.68 Å². The summed E-state index contributed by atoms with van der Waals surface area (Å²) in [4.78, 5) is 3.02. The van der Waals surface area contributed by atoms with Crippen molar-refractivity contribution in [3.63, 3.8) is 0 Å². The first-order chi connectivity index (χ1) is 9.19. The molecule has 0 saturated carbocycles. The minimum absolute atomic E-state index is 0.335. The molecule has 3 aromatic rings. The Balaban J connectivity index is 2.23. The topological polar surface area (TPSA) is 68.6 Å². The number of hydrogen-bond acceptors (Lipinski definition) is 5. The first-order valence-electron chi connectivity index (χ1n) is 5.66. The smallest absolute Gasteiger partial charge is 0.219 e. The second kappa shape index (κ2) is 4.43. The third kappa shape index (κ3) is 1.97. The molecule has 0 atom stereocenters. The second-order valence-electron chi connectivity index (χ2n) is 4.02. The van der Waals surface area contributed by atoms with E-state index in [1.165, 1.54) is 0 Å². The van der Waals surface area contributed by atoms with Crippen molar-refractivity contribution >= 4 is 23.4 Å². The summed E-state index contributed by atoms with van der Waals surface area (Å²) < 4.78 is 7.23. The summed E-state index contributed by atoms with van der Waals surface area (Å²) in [5.41, 5.74) is 3.15. The molecule has 2 heterocycles. The molecule has 6 nitrogen and oxygen atoms in total. The second-order valence-corrected chi connectivity index (χ2v) is 4.41. The molecule has 0 amide bonds. The Bertz CT molecular complexity index is 790. The predicted octanol–water partition coefficient (Wildman–Crippen LogP) is 2.19. The summed E-state index contributed by atoms with van der Waals surface area (Å²) >= 11 is 5.01. The Labute approximate surface area is 114 Å². The average molecular weight is 273 g/mol. The van der Waals surface area contributed by atoms with Crippen molar-refractivity contribution in [2.75, 3.05) is 7.11 Å². The highest BCUT2D eigenvalue weighted by molar-refractivity contribution is 7.71. The first-order valence-corrected chi connectivity index (χ1v) is 6.06. The lowest BCUT2D eigenvalue weighted by Gasteiger charge is -2.04. The number of aryl methyl sites for hydroxylation is 1. The fourth-order valence-electron chi connectivity index (χ4n) is 1.88. The molecule has 3 rings (SSSR count). The van der Waals surface area contributed by atoms with Crippen LogP contribution in [0.2, 0.25) is 0 Å². The van der Waals surface area contributed by atoms with Crippen molar-refractivity contribution in [3.05, 3.63) is 34.7 Å². The molecule has 0 spiro atoms. The molecule has 0 radical (unpaired) electrons. The van der Waals surface area contributed by atoms with Crippen molar-refractivity contribution in [2.24, 2.45) is 0 Å². The fourth-order valence-corrected chi connectivity index (χ4v) is 2.02. The fraction of sp³-hybridized carbons (Fsp3) is 0.167. The van der Waals surface area contributed by atoms with Gasteiger partial charge in [0.25, 0.3) is 0 Å². The van der Waals surface area contributed by atoms with Crippen LogP contribution in [0.3, 0.4) is 0 Å². The summed E-state index contributed by atoms with van der Waals surface area (Å²) in [5.74, 6) is 0.796. The third-order valence-corrected chi connectivity index (χ3v) is 3.00. The Hall–Kier alpha value is -2.28. The van der Waals surface area contributed by atoms with Gasteiger partial charge >= 0.3 is 0 Å². The van der Waals surface area contributed by atoms with Gasteiger partial charge in [0, 0.05) is 0 Å². The molecule has 0 aliphatic rings. The highest BCUT2D eigenvalue weighted by Crippen LogP contribution is 2.19. The lowest BCUT2D eigenvalue weighted by atomic mass is 10.3. The summed E-state index contributed by atoms with van der Waals surface area (Å²) in [6.45, 7) is 1.88. The lowest BCUT2D eigenvalue weighted by molar-refractivity contribution is 0.414. The average Bonchev–Trinajstić information content (AvgIpc) is 2.75. The maximum atomic E-state index is 5.14. The van der Waals surface area contributed by atoms with Gasteiger partial charge in [-0.2, -0.15) is 5.10 Å². The Morgan fingerprint density at radius 2 is 1.95 bits per heavy atom. The minimum Gasteiger partial charge on any atom is -0.497 e. The van der Waals surface area contributed by atoms with Gasteiger partial charge in [-0.15, -0.1) is 10.2 Å². The number of fused-ring (bicyclic) bond motifs is 1. The Morgan fingerprint density at radius 1 is 1.21 bits per heavy atom. The quantitative estimate of drug-likeness (QED) is 0.725. The monoisotopic (exact) mass is 273 g/mol. The number of nitrogens with zero attached hydrogens (tertiary/aromatic N) is 4. The van der Waals surface area contributed by atoms with Gasteiger partial charge in [0.1, 0.15) is 5.75 Å². The minimum atomic E-state index is 0.335. The third-order valence-electron chi connectivity index (χ3n) is 2.81. The van der Waals surface area contributed by atoms with Crippen LogP contribution in [0.25, 0.3) is 16.9 Å². The maximum absolute atomic E-state index is 5.14. The van der Waals surface area contributed by atoms with E-state index in [1.54, 1.807) is 11.8 Å². The molecule has 0 saturated heterocycles. The van der Waals surface area contributed by atoms with Crippen LogP contribution >= 0.6 is 12.2 Å². The summed E-state index contributed by atoms with van der Waals surface area (Å²) in [6, 6.07) is 7.59. The van der Waals surface area contributed by atoms with E-state index in [0.717, 1.165) is 22.8 Å². The summed E-state index contributed by atoms with van der Waals surface area (Å²) in [6.07, 6.45) is 0. The van der Waals surface area contributed by atoms with E-state index in [2.05, 4.69) is 20.3 Å². The molecule has 7 heteroatoms. The van der Waals surface area contributed by atoms with Crippen LogP contribution in [0, 0.1) is 11.7 Å². The SMILES string of the molecule is COc1ccc(-n2nc(C)c3nnc(=S)[nH]c32)cc1. The lowest BCUT2D eigenvalue weighted by Crippen LogP contribution is -1.99. The molecule has 0 unspecified atom stereocenters. The van der Waals surface area contributed by atoms with Gasteiger partial charge in [0.15, 0.2) is 11.2 Å². The summed E-state index contributed by atoms with van der Waals surface area (Å²) in [7, 11) is 1.63. The van der Waals surface area contributed by atoms with Crippen LogP contribution in [-0.4, -0.2) is 32.1 Å². The van der Waals surface area contributed by atoms with Crippen molar-refractivity contribution in [1.29, 1.82) is 0 Å². The molecule has 19 heavy (non-hydrogen) atoms. The number of aromatic nitrogens is 5. The normalized spacial score (nSPS) is 10.8. The van der Waals surface area contributed by atoms with E-state index in [1.807, 2.05) is 31.2 Å². The van der Waals surface area contributed by atoms with Crippen molar-refractivity contribution in [3.8, 4) is 11.4 Å². The molecule has 0 fully saturated rings. The predicted molar refractivity (Wildman–Crippen MR) is 73.1 cm³/mol. The zero-order valence-electron chi connectivity index (χ0n) is 10.4. The molecule has 1 aromatic carbocycles. The van der Waals surface area contributed by atoms with Crippen LogP contribution in [0.1, 0.15) is 5.69 Å².